The Kier molecular flexibility index (Phi) is 2.51. The standard InChI is InChI=1S/C4H9ClN2O2S/c5-10(8,9)4-3-6-1-2-7-4/h4,6-7H,1-3H2. The predicted molar refractivity (Wildman–Crippen MR) is 39.4 cm³/mol. The Bertz CT molecular complexity index is 197. The Morgan fingerprint density at radius 1 is 1.40 bits per heavy atom. The van der Waals surface area contributed by atoms with Crippen molar-refractivity contribution in [2.75, 3.05) is 19.6 Å². The molecule has 0 amide bonds. The van der Waals surface area contributed by atoms with E-state index in [0.29, 0.717) is 13.1 Å². The second-order valence-electron chi connectivity index (χ2n) is 2.12. The minimum Gasteiger partial charge on any atom is -0.313 e. The van der Waals surface area contributed by atoms with Gasteiger partial charge in [-0.1, -0.05) is 0 Å². The van der Waals surface area contributed by atoms with Crippen LogP contribution in [0.4, 0.5) is 0 Å². The Labute approximate surface area is 64.4 Å². The smallest absolute Gasteiger partial charge is 0.249 e. The maximum absolute atomic E-state index is 10.6. The summed E-state index contributed by atoms with van der Waals surface area (Å²) in [5.74, 6) is 0. The van der Waals surface area contributed by atoms with Gasteiger partial charge < -0.3 is 5.32 Å². The highest BCUT2D eigenvalue weighted by Crippen LogP contribution is 2.04. The fourth-order valence-electron chi connectivity index (χ4n) is 0.826. The van der Waals surface area contributed by atoms with Crippen molar-refractivity contribution in [3.63, 3.8) is 0 Å². The highest BCUT2D eigenvalue weighted by atomic mass is 35.7. The minimum atomic E-state index is -3.43. The number of hydrogen-bond acceptors (Lipinski definition) is 4. The molecular formula is C4H9ClN2O2S. The topological polar surface area (TPSA) is 58.2 Å². The van der Waals surface area contributed by atoms with Crippen LogP contribution in [-0.2, 0) is 9.05 Å². The first-order valence-electron chi connectivity index (χ1n) is 2.98. The summed E-state index contributed by atoms with van der Waals surface area (Å²) in [7, 11) is 1.65. The molecule has 0 radical (unpaired) electrons. The van der Waals surface area contributed by atoms with Crippen LogP contribution < -0.4 is 10.6 Å². The van der Waals surface area contributed by atoms with Gasteiger partial charge in [0.2, 0.25) is 9.05 Å². The summed E-state index contributed by atoms with van der Waals surface area (Å²) < 4.78 is 21.3. The lowest BCUT2D eigenvalue weighted by molar-refractivity contribution is 0.481. The van der Waals surface area contributed by atoms with Gasteiger partial charge in [0.15, 0.2) is 0 Å². The molecule has 1 heterocycles. The van der Waals surface area contributed by atoms with E-state index in [1.54, 1.807) is 0 Å². The molecule has 1 atom stereocenters. The number of hydrogen-bond donors (Lipinski definition) is 2. The van der Waals surface area contributed by atoms with Crippen LogP contribution in [0.1, 0.15) is 0 Å². The lowest BCUT2D eigenvalue weighted by Gasteiger charge is -2.21. The molecule has 0 aliphatic carbocycles. The van der Waals surface area contributed by atoms with Gasteiger partial charge in [-0.25, -0.2) is 8.42 Å². The zero-order chi connectivity index (χ0) is 7.61. The second kappa shape index (κ2) is 3.04. The van der Waals surface area contributed by atoms with Gasteiger partial charge in [0.1, 0.15) is 5.37 Å². The molecule has 0 aromatic rings. The molecule has 1 unspecified atom stereocenters. The summed E-state index contributed by atoms with van der Waals surface area (Å²) in [5, 5.41) is 5.07. The SMILES string of the molecule is O=S(=O)(Cl)C1CNCCN1. The van der Waals surface area contributed by atoms with Crippen molar-refractivity contribution in [2.45, 2.75) is 5.37 Å². The number of halogens is 1. The molecular weight excluding hydrogens is 176 g/mol. The van der Waals surface area contributed by atoms with Gasteiger partial charge in [-0.05, 0) is 0 Å². The Morgan fingerprint density at radius 3 is 2.40 bits per heavy atom. The lowest BCUT2D eigenvalue weighted by Crippen LogP contribution is -2.50. The molecule has 1 rings (SSSR count). The normalized spacial score (nSPS) is 28.3. The van der Waals surface area contributed by atoms with E-state index in [1.165, 1.54) is 0 Å². The van der Waals surface area contributed by atoms with Gasteiger partial charge in [0.25, 0.3) is 0 Å². The van der Waals surface area contributed by atoms with E-state index in [2.05, 4.69) is 10.6 Å². The Hall–Kier alpha value is 0.160. The molecule has 0 saturated carbocycles. The molecule has 0 spiro atoms. The van der Waals surface area contributed by atoms with Gasteiger partial charge in [-0.15, -0.1) is 0 Å². The summed E-state index contributed by atoms with van der Waals surface area (Å²) in [4.78, 5) is 0. The van der Waals surface area contributed by atoms with Crippen LogP contribution >= 0.6 is 10.7 Å². The molecule has 10 heavy (non-hydrogen) atoms. The molecule has 0 aromatic heterocycles. The highest BCUT2D eigenvalue weighted by Gasteiger charge is 2.23. The van der Waals surface area contributed by atoms with Crippen molar-refractivity contribution in [3.05, 3.63) is 0 Å². The first kappa shape index (κ1) is 8.26. The third kappa shape index (κ3) is 2.09. The monoisotopic (exact) mass is 184 g/mol. The zero-order valence-corrected chi connectivity index (χ0v) is 6.87. The Morgan fingerprint density at radius 2 is 2.10 bits per heavy atom. The van der Waals surface area contributed by atoms with E-state index in [1.807, 2.05) is 0 Å². The quantitative estimate of drug-likeness (QED) is 0.518. The number of piperazine rings is 1. The van der Waals surface area contributed by atoms with Crippen molar-refractivity contribution in [2.24, 2.45) is 0 Å². The van der Waals surface area contributed by atoms with Crippen LogP contribution in [0, 0.1) is 0 Å². The average molecular weight is 185 g/mol. The van der Waals surface area contributed by atoms with Crippen molar-refractivity contribution < 1.29 is 8.42 Å². The first-order valence-corrected chi connectivity index (χ1v) is 5.35. The maximum atomic E-state index is 10.6. The third-order valence-electron chi connectivity index (χ3n) is 1.34. The van der Waals surface area contributed by atoms with Crippen molar-refractivity contribution in [3.8, 4) is 0 Å². The van der Waals surface area contributed by atoms with Gasteiger partial charge in [-0.2, -0.15) is 0 Å². The van der Waals surface area contributed by atoms with Crippen molar-refractivity contribution >= 4 is 19.7 Å². The first-order chi connectivity index (χ1) is 4.61. The molecule has 1 aliphatic rings. The van der Waals surface area contributed by atoms with E-state index in [-0.39, 0.29) is 0 Å². The minimum absolute atomic E-state index is 0.395. The highest BCUT2D eigenvalue weighted by molar-refractivity contribution is 8.14. The number of nitrogens with one attached hydrogen (secondary N) is 2. The second-order valence-corrected chi connectivity index (χ2v) is 4.93. The number of rotatable bonds is 1. The maximum Gasteiger partial charge on any atom is 0.249 e. The van der Waals surface area contributed by atoms with Gasteiger partial charge >= 0.3 is 0 Å². The van der Waals surface area contributed by atoms with Crippen LogP contribution in [0.15, 0.2) is 0 Å². The van der Waals surface area contributed by atoms with Gasteiger partial charge in [-0.3, -0.25) is 5.32 Å². The molecule has 1 saturated heterocycles. The molecule has 2 N–H and O–H groups in total. The molecule has 1 fully saturated rings. The summed E-state index contributed by atoms with van der Waals surface area (Å²) in [5.41, 5.74) is 0. The van der Waals surface area contributed by atoms with Crippen LogP contribution in [0.5, 0.6) is 0 Å². The van der Waals surface area contributed by atoms with Crippen LogP contribution in [-0.4, -0.2) is 33.4 Å². The fraction of sp³-hybridized carbons (Fsp3) is 1.00. The lowest BCUT2D eigenvalue weighted by atomic mass is 10.4. The van der Waals surface area contributed by atoms with E-state index >= 15 is 0 Å². The van der Waals surface area contributed by atoms with Crippen LogP contribution in [0.25, 0.3) is 0 Å². The predicted octanol–water partition coefficient (Wildman–Crippen LogP) is -0.926. The average Bonchev–Trinajstić information content (AvgIpc) is 1.88. The third-order valence-corrected chi connectivity index (χ3v) is 3.00. The Balaban J connectivity index is 2.56. The molecule has 60 valence electrons. The molecule has 0 bridgehead atoms. The fourth-order valence-corrected chi connectivity index (χ4v) is 1.84. The van der Waals surface area contributed by atoms with Crippen molar-refractivity contribution in [1.82, 2.24) is 10.6 Å². The van der Waals surface area contributed by atoms with E-state index in [4.69, 9.17) is 10.7 Å². The summed E-state index contributed by atoms with van der Waals surface area (Å²) in [6.07, 6.45) is 0. The summed E-state index contributed by atoms with van der Waals surface area (Å²) >= 11 is 0. The summed E-state index contributed by atoms with van der Waals surface area (Å²) in [6.45, 7) is 1.84. The zero-order valence-electron chi connectivity index (χ0n) is 5.30. The largest absolute Gasteiger partial charge is 0.313 e. The molecule has 0 aromatic carbocycles. The van der Waals surface area contributed by atoms with E-state index in [0.717, 1.165) is 6.54 Å². The summed E-state index contributed by atoms with van der Waals surface area (Å²) in [6, 6.07) is 0. The molecule has 6 heteroatoms. The van der Waals surface area contributed by atoms with E-state index < -0.39 is 14.4 Å². The van der Waals surface area contributed by atoms with Crippen molar-refractivity contribution in [1.29, 1.82) is 0 Å². The molecule has 1 aliphatic heterocycles. The molecule has 4 nitrogen and oxygen atoms in total. The van der Waals surface area contributed by atoms with Crippen LogP contribution in [0.3, 0.4) is 0 Å². The van der Waals surface area contributed by atoms with E-state index in [9.17, 15) is 8.42 Å². The van der Waals surface area contributed by atoms with Gasteiger partial charge in [0.05, 0.1) is 0 Å². The van der Waals surface area contributed by atoms with Gasteiger partial charge in [0, 0.05) is 30.3 Å². The van der Waals surface area contributed by atoms with Crippen LogP contribution in [0.2, 0.25) is 0 Å².